The van der Waals surface area contributed by atoms with Gasteiger partial charge in [-0.3, -0.25) is 0 Å². The van der Waals surface area contributed by atoms with E-state index in [4.69, 9.17) is 10.5 Å². The summed E-state index contributed by atoms with van der Waals surface area (Å²) in [6.07, 6.45) is 4.50. The van der Waals surface area contributed by atoms with E-state index in [1.165, 1.54) is 31.4 Å². The summed E-state index contributed by atoms with van der Waals surface area (Å²) in [4.78, 5) is 0. The highest BCUT2D eigenvalue weighted by molar-refractivity contribution is 4.99. The van der Waals surface area contributed by atoms with Crippen LogP contribution in [0.3, 0.4) is 0 Å². The minimum absolute atomic E-state index is 1.24. The van der Waals surface area contributed by atoms with E-state index >= 15 is 0 Å². The van der Waals surface area contributed by atoms with E-state index in [0.717, 1.165) is 0 Å². The van der Waals surface area contributed by atoms with Crippen LogP contribution in [0.5, 0.6) is 0 Å². The molecule has 0 aromatic carbocycles. The van der Waals surface area contributed by atoms with Crippen molar-refractivity contribution in [2.45, 2.75) is 19.3 Å². The van der Waals surface area contributed by atoms with Gasteiger partial charge in [-0.25, -0.2) is 0 Å². The maximum atomic E-state index is 7.26. The van der Waals surface area contributed by atoms with Crippen molar-refractivity contribution >= 4 is 0 Å². The van der Waals surface area contributed by atoms with E-state index in [2.05, 4.69) is 0 Å². The van der Waals surface area contributed by atoms with Crippen LogP contribution in [0, 0.1) is 22.7 Å². The van der Waals surface area contributed by atoms with Crippen molar-refractivity contribution in [1.29, 1.82) is 10.5 Å². The molecule has 1 aliphatic carbocycles. The molecule has 2 nitrogen and oxygen atoms in total. The maximum absolute atomic E-state index is 7.26. The summed E-state index contributed by atoms with van der Waals surface area (Å²) in [6.45, 7) is 0. The first-order valence-electron chi connectivity index (χ1n) is 2.20. The van der Waals surface area contributed by atoms with Crippen LogP contribution in [0.15, 0.2) is 0 Å². The third-order valence-electron chi connectivity index (χ3n) is 0.404. The van der Waals surface area contributed by atoms with Crippen LogP contribution in [0.4, 0.5) is 0 Å². The van der Waals surface area contributed by atoms with Crippen molar-refractivity contribution in [3.8, 4) is 12.1 Å². The Balaban J connectivity index is 0.000000105. The Hall–Kier alpha value is -1.02. The van der Waals surface area contributed by atoms with Gasteiger partial charge >= 0.3 is 0 Å². The highest BCUT2D eigenvalue weighted by Crippen LogP contribution is 2.14. The molecule has 0 aromatic rings. The summed E-state index contributed by atoms with van der Waals surface area (Å²) < 4.78 is 0. The number of hydrogen-bond acceptors (Lipinski definition) is 2. The molecule has 0 atom stereocenters. The molecular formula is C5H6N2. The van der Waals surface area contributed by atoms with Crippen LogP contribution in [0.2, 0.25) is 0 Å². The van der Waals surface area contributed by atoms with E-state index in [1.54, 1.807) is 0 Å². The molecule has 36 valence electrons. The average molecular weight is 94.1 g/mol. The molecule has 1 saturated carbocycles. The second-order valence-corrected chi connectivity index (χ2v) is 1.28. The number of hydrogen-bond donors (Lipinski definition) is 0. The smallest absolute Gasteiger partial charge is 0.181 e. The van der Waals surface area contributed by atoms with Gasteiger partial charge in [0.2, 0.25) is 0 Å². The van der Waals surface area contributed by atoms with Gasteiger partial charge in [-0.1, -0.05) is 19.3 Å². The third kappa shape index (κ3) is 46.0. The monoisotopic (exact) mass is 94.1 g/mol. The summed E-state index contributed by atoms with van der Waals surface area (Å²) in [5.74, 6) is 0. The van der Waals surface area contributed by atoms with E-state index < -0.39 is 0 Å². The predicted molar refractivity (Wildman–Crippen MR) is 25.1 cm³/mol. The molecule has 2 heteroatoms. The standard InChI is InChI=1S/C3H6.C2N2/c1-2-3-1;3-1-2-4/h1-3H2;. The summed E-state index contributed by atoms with van der Waals surface area (Å²) in [6, 6.07) is 2.47. The van der Waals surface area contributed by atoms with Gasteiger partial charge in [-0.2, -0.15) is 10.5 Å². The van der Waals surface area contributed by atoms with Crippen LogP contribution < -0.4 is 0 Å². The fourth-order valence-electron chi connectivity index (χ4n) is 0. The highest BCUT2D eigenvalue weighted by atomic mass is 14.3. The fourth-order valence-corrected chi connectivity index (χ4v) is 0. The molecule has 0 radical (unpaired) electrons. The molecule has 0 bridgehead atoms. The van der Waals surface area contributed by atoms with Crippen molar-refractivity contribution in [1.82, 2.24) is 0 Å². The van der Waals surface area contributed by atoms with Crippen LogP contribution in [0.1, 0.15) is 19.3 Å². The van der Waals surface area contributed by atoms with E-state index in [-0.39, 0.29) is 0 Å². The number of nitriles is 2. The number of nitrogens with zero attached hydrogens (tertiary/aromatic N) is 2. The molecule has 0 saturated heterocycles. The van der Waals surface area contributed by atoms with Crippen molar-refractivity contribution < 1.29 is 0 Å². The lowest BCUT2D eigenvalue weighted by Gasteiger charge is -1.16. The third-order valence-corrected chi connectivity index (χ3v) is 0.404. The Morgan fingerprint density at radius 2 is 1.14 bits per heavy atom. The van der Waals surface area contributed by atoms with Gasteiger partial charge in [0, 0.05) is 0 Å². The Morgan fingerprint density at radius 3 is 1.14 bits per heavy atom. The van der Waals surface area contributed by atoms with Crippen LogP contribution >= 0.6 is 0 Å². The molecule has 0 aromatic heterocycles. The topological polar surface area (TPSA) is 47.6 Å². The molecule has 0 spiro atoms. The molecule has 0 amide bonds. The van der Waals surface area contributed by atoms with Gasteiger partial charge in [-0.05, 0) is 0 Å². The van der Waals surface area contributed by atoms with Crippen molar-refractivity contribution in [2.24, 2.45) is 0 Å². The Kier molecular flexibility index (Phi) is 4.25. The molecule has 1 aliphatic rings. The zero-order valence-electron chi connectivity index (χ0n) is 4.02. The molecule has 0 heterocycles. The second-order valence-electron chi connectivity index (χ2n) is 1.28. The second kappa shape index (κ2) is 4.98. The normalized spacial score (nSPS) is 11.7. The lowest BCUT2D eigenvalue weighted by atomic mass is 10.9. The molecule has 1 rings (SSSR count). The molecule has 7 heavy (non-hydrogen) atoms. The lowest BCUT2D eigenvalue weighted by molar-refractivity contribution is 1.49. The highest BCUT2D eigenvalue weighted by Gasteiger charge is 1.95. The minimum atomic E-state index is 1.24. The summed E-state index contributed by atoms with van der Waals surface area (Å²) in [5.41, 5.74) is 0. The van der Waals surface area contributed by atoms with Crippen LogP contribution in [-0.4, -0.2) is 0 Å². The first-order valence-corrected chi connectivity index (χ1v) is 2.20. The Labute approximate surface area is 43.0 Å². The van der Waals surface area contributed by atoms with Gasteiger partial charge in [0.05, 0.1) is 0 Å². The molecule has 0 N–H and O–H groups in total. The van der Waals surface area contributed by atoms with Gasteiger partial charge in [-0.15, -0.1) is 0 Å². The molecule has 0 aliphatic heterocycles. The Morgan fingerprint density at radius 1 is 0.857 bits per heavy atom. The maximum Gasteiger partial charge on any atom is 0.181 e. The quantitative estimate of drug-likeness (QED) is 0.452. The SMILES string of the molecule is C1CC1.N#CC#N. The first-order chi connectivity index (χ1) is 3.41. The van der Waals surface area contributed by atoms with E-state index in [0.29, 0.717) is 0 Å². The summed E-state index contributed by atoms with van der Waals surface area (Å²) in [7, 11) is 0. The molecule has 0 unspecified atom stereocenters. The predicted octanol–water partition coefficient (Wildman–Crippen LogP) is 1.20. The van der Waals surface area contributed by atoms with Crippen molar-refractivity contribution in [2.75, 3.05) is 0 Å². The first kappa shape index (κ1) is 5.98. The van der Waals surface area contributed by atoms with Crippen molar-refractivity contribution in [3.05, 3.63) is 0 Å². The van der Waals surface area contributed by atoms with Gasteiger partial charge < -0.3 is 0 Å². The van der Waals surface area contributed by atoms with Crippen molar-refractivity contribution in [3.63, 3.8) is 0 Å². The lowest BCUT2D eigenvalue weighted by Crippen LogP contribution is -1.26. The largest absolute Gasteiger partial charge is 0.181 e. The van der Waals surface area contributed by atoms with E-state index in [9.17, 15) is 0 Å². The summed E-state index contributed by atoms with van der Waals surface area (Å²) in [5, 5.41) is 14.5. The minimum Gasteiger partial charge on any atom is -0.181 e. The fraction of sp³-hybridized carbons (Fsp3) is 0.600. The molecular weight excluding hydrogens is 88.1 g/mol. The zero-order valence-corrected chi connectivity index (χ0v) is 4.02. The average Bonchev–Trinajstić information content (AvgIpc) is 2.47. The zero-order chi connectivity index (χ0) is 5.54. The van der Waals surface area contributed by atoms with Gasteiger partial charge in [0.25, 0.3) is 0 Å². The van der Waals surface area contributed by atoms with Crippen LogP contribution in [0.25, 0.3) is 0 Å². The van der Waals surface area contributed by atoms with Gasteiger partial charge in [0.15, 0.2) is 12.1 Å². The number of rotatable bonds is 0. The summed E-state index contributed by atoms with van der Waals surface area (Å²) >= 11 is 0. The van der Waals surface area contributed by atoms with Crippen LogP contribution in [-0.2, 0) is 0 Å². The van der Waals surface area contributed by atoms with Gasteiger partial charge in [0.1, 0.15) is 0 Å². The molecule has 1 fully saturated rings. The van der Waals surface area contributed by atoms with E-state index in [1.807, 2.05) is 0 Å². The Bertz CT molecular complexity index is 87.5.